The molecule has 2 nitrogen and oxygen atoms in total. The number of benzene rings is 2. The molecule has 0 saturated carbocycles. The first-order chi connectivity index (χ1) is 12.0. The summed E-state index contributed by atoms with van der Waals surface area (Å²) >= 11 is 15.4. The van der Waals surface area contributed by atoms with Gasteiger partial charge in [0.05, 0.1) is 10.0 Å². The fourth-order valence-electron chi connectivity index (χ4n) is 2.07. The van der Waals surface area contributed by atoms with Gasteiger partial charge in [0.2, 0.25) is 5.91 Å². The van der Waals surface area contributed by atoms with Gasteiger partial charge in [-0.05, 0) is 36.8 Å². The quantitative estimate of drug-likeness (QED) is 0.413. The van der Waals surface area contributed by atoms with Crippen molar-refractivity contribution in [2.24, 2.45) is 0 Å². The molecule has 1 N–H and O–H groups in total. The molecule has 0 bridgehead atoms. The van der Waals surface area contributed by atoms with Gasteiger partial charge in [-0.2, -0.15) is 11.8 Å². The minimum Gasteiger partial charge on any atom is -0.355 e. The summed E-state index contributed by atoms with van der Waals surface area (Å²) in [6, 6.07) is 14.0. The summed E-state index contributed by atoms with van der Waals surface area (Å²) in [6.45, 7) is 2.75. The molecule has 0 fully saturated rings. The molecule has 1 amide bonds. The predicted molar refractivity (Wildman–Crippen MR) is 112 cm³/mol. The first-order valence-electron chi connectivity index (χ1n) is 8.02. The van der Waals surface area contributed by atoms with E-state index in [0.717, 1.165) is 22.8 Å². The van der Waals surface area contributed by atoms with Crippen LogP contribution in [-0.2, 0) is 10.5 Å². The van der Waals surface area contributed by atoms with Gasteiger partial charge in [0.15, 0.2) is 0 Å². The lowest BCUT2D eigenvalue weighted by molar-refractivity contribution is -0.120. The number of thioether (sulfide) groups is 2. The summed E-state index contributed by atoms with van der Waals surface area (Å²) in [4.78, 5) is 13.0. The smallest absolute Gasteiger partial charge is 0.220 e. The maximum absolute atomic E-state index is 11.8. The number of aryl methyl sites for hydroxylation is 1. The zero-order valence-corrected chi connectivity index (χ0v) is 17.2. The minimum absolute atomic E-state index is 0.106. The molecule has 0 aliphatic heterocycles. The van der Waals surface area contributed by atoms with E-state index in [1.165, 1.54) is 10.5 Å². The Labute approximate surface area is 168 Å². The summed E-state index contributed by atoms with van der Waals surface area (Å²) in [5.74, 6) is 2.63. The van der Waals surface area contributed by atoms with Gasteiger partial charge in [-0.15, -0.1) is 11.8 Å². The topological polar surface area (TPSA) is 29.1 Å². The highest BCUT2D eigenvalue weighted by Crippen LogP contribution is 2.24. The number of carbonyl (C=O) groups excluding carboxylic acids is 1. The predicted octanol–water partition coefficient (Wildman–Crippen LogP) is 5.83. The van der Waals surface area contributed by atoms with Gasteiger partial charge in [0, 0.05) is 35.1 Å². The summed E-state index contributed by atoms with van der Waals surface area (Å²) in [6.07, 6.45) is 0.538. The molecule has 0 atom stereocenters. The van der Waals surface area contributed by atoms with Gasteiger partial charge in [-0.3, -0.25) is 4.79 Å². The van der Waals surface area contributed by atoms with Crippen LogP contribution in [-0.4, -0.2) is 24.0 Å². The lowest BCUT2D eigenvalue weighted by Crippen LogP contribution is -2.25. The van der Waals surface area contributed by atoms with Crippen molar-refractivity contribution < 1.29 is 4.79 Å². The second-order valence-electron chi connectivity index (χ2n) is 5.56. The average molecular weight is 414 g/mol. The maximum Gasteiger partial charge on any atom is 0.220 e. The van der Waals surface area contributed by atoms with Crippen LogP contribution >= 0.6 is 46.7 Å². The summed E-state index contributed by atoms with van der Waals surface area (Å²) in [7, 11) is 0. The highest BCUT2D eigenvalue weighted by molar-refractivity contribution is 7.99. The first-order valence-corrected chi connectivity index (χ1v) is 10.9. The third kappa shape index (κ3) is 7.95. The second kappa shape index (κ2) is 11.0. The third-order valence-corrected chi connectivity index (χ3v) is 6.22. The van der Waals surface area contributed by atoms with Gasteiger partial charge < -0.3 is 5.32 Å². The Balaban J connectivity index is 1.54. The fourth-order valence-corrected chi connectivity index (χ4v) is 4.04. The number of nitrogens with one attached hydrogen (secondary N) is 1. The van der Waals surface area contributed by atoms with Gasteiger partial charge in [-0.1, -0.05) is 47.0 Å². The van der Waals surface area contributed by atoms with E-state index in [1.54, 1.807) is 23.5 Å². The van der Waals surface area contributed by atoms with E-state index in [9.17, 15) is 4.79 Å². The van der Waals surface area contributed by atoms with Crippen molar-refractivity contribution in [1.82, 2.24) is 5.32 Å². The van der Waals surface area contributed by atoms with E-state index in [2.05, 4.69) is 36.5 Å². The van der Waals surface area contributed by atoms with Crippen LogP contribution in [0.5, 0.6) is 0 Å². The van der Waals surface area contributed by atoms with E-state index in [1.807, 2.05) is 18.2 Å². The molecule has 134 valence electrons. The molecule has 2 rings (SSSR count). The van der Waals surface area contributed by atoms with Crippen molar-refractivity contribution >= 4 is 52.6 Å². The molecule has 0 spiro atoms. The van der Waals surface area contributed by atoms with E-state index in [4.69, 9.17) is 23.2 Å². The SMILES string of the molecule is Cc1ccc(SCCC(=O)NCCSCc2ccc(Cl)c(Cl)c2)cc1. The molecule has 25 heavy (non-hydrogen) atoms. The molecule has 0 aliphatic carbocycles. The number of amides is 1. The molecule has 0 unspecified atom stereocenters. The summed E-state index contributed by atoms with van der Waals surface area (Å²) in [5.41, 5.74) is 2.39. The van der Waals surface area contributed by atoms with E-state index < -0.39 is 0 Å². The van der Waals surface area contributed by atoms with Crippen LogP contribution in [0.4, 0.5) is 0 Å². The molecule has 0 radical (unpaired) electrons. The number of carbonyl (C=O) groups is 1. The molecule has 0 aromatic heterocycles. The van der Waals surface area contributed by atoms with Crippen LogP contribution in [0.15, 0.2) is 47.4 Å². The Morgan fingerprint density at radius 1 is 1.04 bits per heavy atom. The number of hydrogen-bond acceptors (Lipinski definition) is 3. The highest BCUT2D eigenvalue weighted by Gasteiger charge is 2.03. The van der Waals surface area contributed by atoms with E-state index in [-0.39, 0.29) is 5.91 Å². The van der Waals surface area contributed by atoms with Crippen LogP contribution < -0.4 is 5.32 Å². The van der Waals surface area contributed by atoms with Crippen molar-refractivity contribution in [2.75, 3.05) is 18.1 Å². The Kier molecular flexibility index (Phi) is 9.04. The monoisotopic (exact) mass is 413 g/mol. The largest absolute Gasteiger partial charge is 0.355 e. The van der Waals surface area contributed by atoms with Crippen LogP contribution in [0.3, 0.4) is 0 Å². The van der Waals surface area contributed by atoms with Crippen molar-refractivity contribution in [2.45, 2.75) is 24.0 Å². The Hall–Kier alpha value is -0.810. The zero-order valence-electron chi connectivity index (χ0n) is 14.1. The van der Waals surface area contributed by atoms with Crippen LogP contribution in [0, 0.1) is 6.92 Å². The molecule has 2 aromatic carbocycles. The van der Waals surface area contributed by atoms with E-state index in [0.29, 0.717) is 23.0 Å². The Morgan fingerprint density at radius 2 is 1.80 bits per heavy atom. The zero-order chi connectivity index (χ0) is 18.1. The molecule has 0 aliphatic rings. The third-order valence-electron chi connectivity index (χ3n) is 3.44. The van der Waals surface area contributed by atoms with Crippen molar-refractivity contribution in [1.29, 1.82) is 0 Å². The lowest BCUT2D eigenvalue weighted by Gasteiger charge is -2.06. The number of halogens is 2. The normalized spacial score (nSPS) is 10.7. The van der Waals surface area contributed by atoms with Crippen molar-refractivity contribution in [3.63, 3.8) is 0 Å². The number of hydrogen-bond donors (Lipinski definition) is 1. The van der Waals surface area contributed by atoms with Gasteiger partial charge in [0.1, 0.15) is 0 Å². The van der Waals surface area contributed by atoms with Crippen molar-refractivity contribution in [3.05, 3.63) is 63.6 Å². The Bertz CT molecular complexity index is 692. The second-order valence-corrected chi connectivity index (χ2v) is 8.65. The van der Waals surface area contributed by atoms with Crippen molar-refractivity contribution in [3.8, 4) is 0 Å². The molecular weight excluding hydrogens is 393 g/mol. The van der Waals surface area contributed by atoms with Crippen LogP contribution in [0.1, 0.15) is 17.5 Å². The van der Waals surface area contributed by atoms with Gasteiger partial charge >= 0.3 is 0 Å². The van der Waals surface area contributed by atoms with E-state index >= 15 is 0 Å². The fraction of sp³-hybridized carbons (Fsp3) is 0.316. The molecule has 2 aromatic rings. The molecule has 6 heteroatoms. The van der Waals surface area contributed by atoms with Gasteiger partial charge in [0.25, 0.3) is 0 Å². The number of rotatable bonds is 9. The van der Waals surface area contributed by atoms with Crippen LogP contribution in [0.2, 0.25) is 10.0 Å². The minimum atomic E-state index is 0.106. The summed E-state index contributed by atoms with van der Waals surface area (Å²) < 4.78 is 0. The molecule has 0 heterocycles. The highest BCUT2D eigenvalue weighted by atomic mass is 35.5. The first kappa shape index (κ1) is 20.5. The Morgan fingerprint density at radius 3 is 2.52 bits per heavy atom. The summed E-state index contributed by atoms with van der Waals surface area (Å²) in [5, 5.41) is 4.12. The molecule has 0 saturated heterocycles. The average Bonchev–Trinajstić information content (AvgIpc) is 2.59. The lowest BCUT2D eigenvalue weighted by atomic mass is 10.2. The van der Waals surface area contributed by atoms with Crippen LogP contribution in [0.25, 0.3) is 0 Å². The van der Waals surface area contributed by atoms with Gasteiger partial charge in [-0.25, -0.2) is 0 Å². The molecular formula is C19H21Cl2NOS2. The standard InChI is InChI=1S/C19H21Cl2NOS2/c1-14-2-5-16(6-3-14)25-10-8-19(23)22-9-11-24-13-15-4-7-17(20)18(21)12-15/h2-7,12H,8-11,13H2,1H3,(H,22,23). The maximum atomic E-state index is 11.8.